The van der Waals surface area contributed by atoms with Crippen molar-refractivity contribution in [1.29, 1.82) is 0 Å². The van der Waals surface area contributed by atoms with E-state index in [4.69, 9.17) is 10.8 Å². The van der Waals surface area contributed by atoms with E-state index in [-0.39, 0.29) is 6.04 Å². The molecule has 20 heavy (non-hydrogen) atoms. The minimum atomic E-state index is -1.18. The van der Waals surface area contributed by atoms with Gasteiger partial charge < -0.3 is 20.3 Å². The highest BCUT2D eigenvalue weighted by Crippen LogP contribution is 2.32. The van der Waals surface area contributed by atoms with Gasteiger partial charge in [0.25, 0.3) is 5.91 Å². The van der Waals surface area contributed by atoms with Crippen LogP contribution in [0.2, 0.25) is 0 Å². The first kappa shape index (κ1) is 14.1. The number of primary amides is 1. The van der Waals surface area contributed by atoms with Crippen LogP contribution in [-0.4, -0.2) is 45.4 Å². The molecule has 1 aromatic rings. The number of carbonyl (C=O) groups is 3. The molecule has 1 fully saturated rings. The Bertz CT molecular complexity index is 517. The molecule has 1 aliphatic carbocycles. The Morgan fingerprint density at radius 2 is 2.05 bits per heavy atom. The second-order valence-corrected chi connectivity index (χ2v) is 4.91. The molecule has 1 heterocycles. The molecule has 7 nitrogen and oxygen atoms in total. The minimum Gasteiger partial charge on any atom is -0.480 e. The van der Waals surface area contributed by atoms with Crippen molar-refractivity contribution in [2.75, 3.05) is 13.1 Å². The second kappa shape index (κ2) is 5.77. The van der Waals surface area contributed by atoms with Crippen LogP contribution in [0.1, 0.15) is 35.8 Å². The maximum absolute atomic E-state index is 12.4. The summed E-state index contributed by atoms with van der Waals surface area (Å²) in [4.78, 5) is 35.1. The first-order valence-corrected chi connectivity index (χ1v) is 6.45. The van der Waals surface area contributed by atoms with Gasteiger partial charge in [-0.05, 0) is 31.4 Å². The third-order valence-electron chi connectivity index (χ3n) is 3.43. The van der Waals surface area contributed by atoms with Crippen LogP contribution >= 0.6 is 0 Å². The Hall–Kier alpha value is -2.31. The Kier molecular flexibility index (Phi) is 4.07. The average Bonchev–Trinajstić information content (AvgIpc) is 2.72. The number of aliphatic carboxylic acids is 1. The highest BCUT2D eigenvalue weighted by molar-refractivity contribution is 5.96. The number of amides is 2. The summed E-state index contributed by atoms with van der Waals surface area (Å²) in [5.41, 5.74) is 5.46. The number of carbonyl (C=O) groups excluding carboxylic acids is 2. The van der Waals surface area contributed by atoms with Crippen molar-refractivity contribution in [2.45, 2.75) is 25.3 Å². The largest absolute Gasteiger partial charge is 0.480 e. The fourth-order valence-corrected chi connectivity index (χ4v) is 2.27. The molecule has 0 aliphatic heterocycles. The maximum atomic E-state index is 12.4. The lowest BCUT2D eigenvalue weighted by atomic mass is 9.93. The lowest BCUT2D eigenvalue weighted by Crippen LogP contribution is -2.42. The zero-order chi connectivity index (χ0) is 14.7. The number of carboxylic acids is 1. The van der Waals surface area contributed by atoms with E-state index >= 15 is 0 Å². The predicted molar refractivity (Wildman–Crippen MR) is 70.1 cm³/mol. The van der Waals surface area contributed by atoms with Crippen molar-refractivity contribution in [3.05, 3.63) is 24.0 Å². The molecule has 7 heteroatoms. The summed E-state index contributed by atoms with van der Waals surface area (Å²) in [7, 11) is 0. The molecule has 2 rings (SSSR count). The molecule has 0 atom stereocenters. The lowest BCUT2D eigenvalue weighted by Gasteiger charge is -2.30. The van der Waals surface area contributed by atoms with Crippen molar-refractivity contribution in [3.8, 4) is 0 Å². The Morgan fingerprint density at radius 3 is 2.55 bits per heavy atom. The van der Waals surface area contributed by atoms with E-state index in [1.54, 1.807) is 18.3 Å². The number of carboxylic acid groups (broad SMARTS) is 1. The van der Waals surface area contributed by atoms with Gasteiger partial charge in [-0.15, -0.1) is 0 Å². The Morgan fingerprint density at radius 1 is 1.35 bits per heavy atom. The maximum Gasteiger partial charge on any atom is 0.323 e. The first-order valence-electron chi connectivity index (χ1n) is 6.45. The van der Waals surface area contributed by atoms with Gasteiger partial charge in [-0.25, -0.2) is 0 Å². The molecule has 0 saturated heterocycles. The van der Waals surface area contributed by atoms with E-state index in [0.717, 1.165) is 24.2 Å². The molecular weight excluding hydrogens is 262 g/mol. The van der Waals surface area contributed by atoms with Gasteiger partial charge >= 0.3 is 5.97 Å². The van der Waals surface area contributed by atoms with Crippen molar-refractivity contribution in [2.24, 2.45) is 5.73 Å². The van der Waals surface area contributed by atoms with E-state index in [1.807, 2.05) is 4.57 Å². The minimum absolute atomic E-state index is 0.282. The number of nitrogens with two attached hydrogens (primary N) is 1. The number of rotatable bonds is 6. The number of aromatic nitrogens is 1. The zero-order valence-electron chi connectivity index (χ0n) is 11.0. The number of hydrogen-bond acceptors (Lipinski definition) is 3. The summed E-state index contributed by atoms with van der Waals surface area (Å²) >= 11 is 0. The summed E-state index contributed by atoms with van der Waals surface area (Å²) in [6, 6.07) is 3.66. The molecule has 1 aromatic heterocycles. The average molecular weight is 279 g/mol. The quantitative estimate of drug-likeness (QED) is 0.777. The fourth-order valence-electron chi connectivity index (χ4n) is 2.27. The second-order valence-electron chi connectivity index (χ2n) is 4.91. The van der Waals surface area contributed by atoms with Crippen LogP contribution in [0.25, 0.3) is 0 Å². The van der Waals surface area contributed by atoms with Gasteiger partial charge in [-0.2, -0.15) is 0 Å². The highest BCUT2D eigenvalue weighted by Gasteiger charge is 2.27. The summed E-state index contributed by atoms with van der Waals surface area (Å²) < 4.78 is 1.85. The van der Waals surface area contributed by atoms with Crippen LogP contribution in [0.5, 0.6) is 0 Å². The van der Waals surface area contributed by atoms with Crippen LogP contribution in [0.15, 0.2) is 18.3 Å². The number of hydrogen-bond donors (Lipinski definition) is 2. The van der Waals surface area contributed by atoms with Crippen LogP contribution in [-0.2, 0) is 9.59 Å². The summed E-state index contributed by atoms with van der Waals surface area (Å²) in [5.74, 6) is -2.40. The predicted octanol–water partition coefficient (Wildman–Crippen LogP) is 0.225. The van der Waals surface area contributed by atoms with Crippen molar-refractivity contribution in [1.82, 2.24) is 9.47 Å². The smallest absolute Gasteiger partial charge is 0.323 e. The Balaban J connectivity index is 2.19. The first-order chi connectivity index (χ1) is 9.49. The Labute approximate surface area is 116 Å². The van der Waals surface area contributed by atoms with Crippen LogP contribution in [0, 0.1) is 0 Å². The van der Waals surface area contributed by atoms with E-state index in [1.165, 1.54) is 0 Å². The van der Waals surface area contributed by atoms with Crippen LogP contribution in [0.3, 0.4) is 0 Å². The van der Waals surface area contributed by atoms with Gasteiger partial charge in [0.05, 0.1) is 0 Å². The normalized spacial score (nSPS) is 14.6. The van der Waals surface area contributed by atoms with E-state index in [0.29, 0.717) is 5.69 Å². The third kappa shape index (κ3) is 2.98. The molecule has 3 N–H and O–H groups in total. The van der Waals surface area contributed by atoms with Crippen molar-refractivity contribution in [3.63, 3.8) is 0 Å². The summed E-state index contributed by atoms with van der Waals surface area (Å²) in [6.45, 7) is -0.946. The molecule has 1 saturated carbocycles. The number of nitrogens with zero attached hydrogens (tertiary/aromatic N) is 2. The van der Waals surface area contributed by atoms with Crippen LogP contribution in [0.4, 0.5) is 0 Å². The molecule has 0 spiro atoms. The monoisotopic (exact) mass is 279 g/mol. The standard InChI is InChI=1S/C13H17N3O4/c14-11(17)7-15(8-12(18)19)13(20)10-5-2-6-16(10)9-3-1-4-9/h2,5-6,9H,1,3-4,7-8H2,(H2,14,17)(H,18,19). The lowest BCUT2D eigenvalue weighted by molar-refractivity contribution is -0.138. The van der Waals surface area contributed by atoms with Crippen molar-refractivity contribution < 1.29 is 19.5 Å². The van der Waals surface area contributed by atoms with Gasteiger partial charge in [0.2, 0.25) is 5.91 Å². The molecule has 0 radical (unpaired) electrons. The molecular formula is C13H17N3O4. The third-order valence-corrected chi connectivity index (χ3v) is 3.43. The van der Waals surface area contributed by atoms with Gasteiger partial charge in [0.1, 0.15) is 18.8 Å². The summed E-state index contributed by atoms with van der Waals surface area (Å²) in [6.07, 6.45) is 4.93. The molecule has 0 unspecified atom stereocenters. The SMILES string of the molecule is NC(=O)CN(CC(=O)O)C(=O)c1cccn1C1CCC1. The zero-order valence-corrected chi connectivity index (χ0v) is 11.0. The topological polar surface area (TPSA) is 106 Å². The molecule has 108 valence electrons. The molecule has 1 aliphatic rings. The van der Waals surface area contributed by atoms with E-state index in [9.17, 15) is 14.4 Å². The van der Waals surface area contributed by atoms with Gasteiger partial charge in [0.15, 0.2) is 0 Å². The van der Waals surface area contributed by atoms with E-state index in [2.05, 4.69) is 0 Å². The van der Waals surface area contributed by atoms with Crippen molar-refractivity contribution >= 4 is 17.8 Å². The van der Waals surface area contributed by atoms with Gasteiger partial charge in [-0.1, -0.05) is 0 Å². The van der Waals surface area contributed by atoms with Gasteiger partial charge in [0, 0.05) is 12.2 Å². The van der Waals surface area contributed by atoms with Gasteiger partial charge in [-0.3, -0.25) is 14.4 Å². The highest BCUT2D eigenvalue weighted by atomic mass is 16.4. The molecule has 2 amide bonds. The molecule has 0 bridgehead atoms. The van der Waals surface area contributed by atoms with Crippen LogP contribution < -0.4 is 5.73 Å². The molecule has 0 aromatic carbocycles. The summed E-state index contributed by atoms with van der Waals surface area (Å²) in [5, 5.41) is 8.83. The fraction of sp³-hybridized carbons (Fsp3) is 0.462. The van der Waals surface area contributed by atoms with E-state index < -0.39 is 30.9 Å².